The Morgan fingerprint density at radius 2 is 1.73 bits per heavy atom. The minimum Gasteiger partial charge on any atom is -0.496 e. The number of aryl methyl sites for hydroxylation is 1. The van der Waals surface area contributed by atoms with Crippen molar-refractivity contribution in [3.8, 4) is 22.8 Å². The maximum absolute atomic E-state index is 14.5. The molecule has 0 radical (unpaired) electrons. The summed E-state index contributed by atoms with van der Waals surface area (Å²) < 4.78 is 123. The van der Waals surface area contributed by atoms with Gasteiger partial charge in [-0.3, -0.25) is 4.79 Å². The van der Waals surface area contributed by atoms with E-state index in [-0.39, 0.29) is 11.3 Å². The Hall–Kier alpha value is -3.78. The second-order valence-electron chi connectivity index (χ2n) is 9.58. The van der Waals surface area contributed by atoms with Gasteiger partial charge in [-0.1, -0.05) is 0 Å². The van der Waals surface area contributed by atoms with Gasteiger partial charge in [0.05, 0.1) is 18.4 Å². The molecule has 0 unspecified atom stereocenters. The smallest absolute Gasteiger partial charge is 0.422 e. The molecule has 1 aromatic heterocycles. The SMILES string of the molecule is COc1cc(C(=O)CC[C@](O)(c2cc3c(c(-c4ccc(F)cc4)n2)OC[C@@]3(N)C(F)(F)F)C(F)(F)F)c(F)cc1C. The van der Waals surface area contributed by atoms with E-state index in [1.165, 1.54) is 14.0 Å². The average Bonchev–Trinajstić information content (AvgIpc) is 3.24. The molecule has 0 aliphatic carbocycles. The molecule has 0 bridgehead atoms. The van der Waals surface area contributed by atoms with Crippen LogP contribution in [0.15, 0.2) is 42.5 Å². The molecule has 0 fully saturated rings. The molecule has 0 saturated carbocycles. The molecule has 2 aromatic carbocycles. The summed E-state index contributed by atoms with van der Waals surface area (Å²) >= 11 is 0. The molecule has 1 aliphatic rings. The van der Waals surface area contributed by atoms with Crippen LogP contribution in [0.1, 0.15) is 40.0 Å². The largest absolute Gasteiger partial charge is 0.496 e. The molecular weight excluding hydrogens is 568 g/mol. The number of Topliss-reactive ketones (excluding diaryl/α,β-unsaturated/α-hetero) is 1. The van der Waals surface area contributed by atoms with Crippen LogP contribution >= 0.6 is 0 Å². The standard InChI is InChI=1S/C27H22F8N2O4/c1-13-9-18(29)16(10-20(13)40-2)19(38)7-8-25(39,27(33,34)35)21-11-17-23(41-12-24(17,36)26(30,31)32)22(37-21)14-3-5-15(28)6-4-14/h3-6,9-11,39H,7-8,12,36H2,1-2H3/t24-,25-/m0/s1. The van der Waals surface area contributed by atoms with Crippen molar-refractivity contribution in [1.29, 1.82) is 0 Å². The van der Waals surface area contributed by atoms with Crippen LogP contribution in [0, 0.1) is 18.6 Å². The first-order valence-electron chi connectivity index (χ1n) is 11.9. The van der Waals surface area contributed by atoms with E-state index in [1.807, 2.05) is 0 Å². The highest BCUT2D eigenvalue weighted by Crippen LogP contribution is 2.51. The van der Waals surface area contributed by atoms with Crippen LogP contribution in [0.2, 0.25) is 0 Å². The summed E-state index contributed by atoms with van der Waals surface area (Å²) in [6.07, 6.45) is -13.3. The number of carbonyl (C=O) groups is 1. The second kappa shape index (κ2) is 10.2. The number of halogens is 8. The number of rotatable bonds is 7. The average molecular weight is 590 g/mol. The first-order valence-corrected chi connectivity index (χ1v) is 11.9. The lowest BCUT2D eigenvalue weighted by molar-refractivity contribution is -0.270. The van der Waals surface area contributed by atoms with E-state index >= 15 is 0 Å². The van der Waals surface area contributed by atoms with Crippen molar-refractivity contribution < 1.29 is 54.5 Å². The van der Waals surface area contributed by atoms with Crippen LogP contribution in [0.5, 0.6) is 11.5 Å². The summed E-state index contributed by atoms with van der Waals surface area (Å²) in [6, 6.07) is 6.13. The maximum atomic E-state index is 14.5. The Balaban J connectivity index is 1.85. The van der Waals surface area contributed by atoms with E-state index in [0.29, 0.717) is 11.6 Å². The van der Waals surface area contributed by atoms with E-state index in [0.717, 1.165) is 36.4 Å². The number of alkyl halides is 6. The van der Waals surface area contributed by atoms with Crippen molar-refractivity contribution >= 4 is 5.78 Å². The Bertz CT molecular complexity index is 1490. The molecule has 2 atom stereocenters. The first-order chi connectivity index (χ1) is 18.9. The van der Waals surface area contributed by atoms with E-state index in [4.69, 9.17) is 15.2 Å². The fourth-order valence-electron chi connectivity index (χ4n) is 4.45. The predicted octanol–water partition coefficient (Wildman–Crippen LogP) is 5.87. The zero-order chi connectivity index (χ0) is 30.5. The number of aromatic nitrogens is 1. The molecule has 0 spiro atoms. The Labute approximate surface area is 227 Å². The number of pyridine rings is 1. The van der Waals surface area contributed by atoms with Crippen molar-refractivity contribution in [1.82, 2.24) is 4.98 Å². The third kappa shape index (κ3) is 5.21. The lowest BCUT2D eigenvalue weighted by Gasteiger charge is -2.32. The summed E-state index contributed by atoms with van der Waals surface area (Å²) in [5.41, 5.74) is -4.96. The number of hydrogen-bond donors (Lipinski definition) is 2. The molecule has 6 nitrogen and oxygen atoms in total. The molecule has 220 valence electrons. The summed E-state index contributed by atoms with van der Waals surface area (Å²) in [5, 5.41) is 11.0. The maximum Gasteiger partial charge on any atom is 0.422 e. The first kappa shape index (κ1) is 30.2. The number of hydrogen-bond acceptors (Lipinski definition) is 6. The van der Waals surface area contributed by atoms with Gasteiger partial charge >= 0.3 is 12.4 Å². The fraction of sp³-hybridized carbons (Fsp3) is 0.333. The molecule has 41 heavy (non-hydrogen) atoms. The van der Waals surface area contributed by atoms with Crippen LogP contribution in [0.4, 0.5) is 35.1 Å². The highest BCUT2D eigenvalue weighted by Gasteiger charge is 2.61. The number of aliphatic hydroxyl groups is 1. The third-order valence-electron chi connectivity index (χ3n) is 6.91. The summed E-state index contributed by atoms with van der Waals surface area (Å²) in [5.74, 6) is -3.47. The van der Waals surface area contributed by atoms with Crippen molar-refractivity contribution in [2.24, 2.45) is 5.73 Å². The number of nitrogens with two attached hydrogens (primary N) is 1. The van der Waals surface area contributed by atoms with Gasteiger partial charge in [0.25, 0.3) is 0 Å². The van der Waals surface area contributed by atoms with Gasteiger partial charge in [0.15, 0.2) is 17.1 Å². The van der Waals surface area contributed by atoms with Gasteiger partial charge in [-0.15, -0.1) is 0 Å². The van der Waals surface area contributed by atoms with E-state index in [2.05, 4.69) is 4.98 Å². The van der Waals surface area contributed by atoms with Gasteiger partial charge in [-0.05, 0) is 61.4 Å². The quantitative estimate of drug-likeness (QED) is 0.264. The monoisotopic (exact) mass is 590 g/mol. The van der Waals surface area contributed by atoms with E-state index in [9.17, 15) is 45.0 Å². The molecular formula is C27H22F8N2O4. The molecule has 1 aliphatic heterocycles. The number of benzene rings is 2. The van der Waals surface area contributed by atoms with Crippen molar-refractivity contribution in [3.63, 3.8) is 0 Å². The van der Waals surface area contributed by atoms with Crippen molar-refractivity contribution in [2.75, 3.05) is 13.7 Å². The molecule has 0 amide bonds. The van der Waals surface area contributed by atoms with Gasteiger partial charge in [-0.2, -0.15) is 26.3 Å². The van der Waals surface area contributed by atoms with Gasteiger partial charge < -0.3 is 20.3 Å². The lowest BCUT2D eigenvalue weighted by Crippen LogP contribution is -2.52. The Kier molecular flexibility index (Phi) is 7.54. The van der Waals surface area contributed by atoms with E-state index < -0.39 is 88.6 Å². The van der Waals surface area contributed by atoms with E-state index in [1.54, 1.807) is 0 Å². The highest BCUT2D eigenvalue weighted by molar-refractivity contribution is 5.97. The number of fused-ring (bicyclic) bond motifs is 1. The molecule has 4 rings (SSSR count). The van der Waals surface area contributed by atoms with Crippen LogP contribution in [-0.4, -0.2) is 41.9 Å². The second-order valence-corrected chi connectivity index (χ2v) is 9.58. The van der Waals surface area contributed by atoms with Crippen LogP contribution < -0.4 is 15.2 Å². The van der Waals surface area contributed by atoms with Gasteiger partial charge in [-0.25, -0.2) is 13.8 Å². The minimum absolute atomic E-state index is 0.0801. The van der Waals surface area contributed by atoms with Crippen LogP contribution in [0.25, 0.3) is 11.3 Å². The number of methoxy groups -OCH3 is 1. The Morgan fingerprint density at radius 3 is 2.29 bits per heavy atom. The number of carbonyl (C=O) groups excluding carboxylic acids is 1. The topological polar surface area (TPSA) is 94.7 Å². The minimum atomic E-state index is -5.58. The molecule has 2 heterocycles. The van der Waals surface area contributed by atoms with Crippen molar-refractivity contribution in [2.45, 2.75) is 43.3 Å². The van der Waals surface area contributed by atoms with Gasteiger partial charge in [0, 0.05) is 17.5 Å². The lowest BCUT2D eigenvalue weighted by atomic mass is 9.85. The Morgan fingerprint density at radius 1 is 1.10 bits per heavy atom. The highest BCUT2D eigenvalue weighted by atomic mass is 19.4. The molecule has 3 N–H and O–H groups in total. The number of ketones is 1. The molecule has 3 aromatic rings. The summed E-state index contributed by atoms with van der Waals surface area (Å²) in [4.78, 5) is 16.6. The zero-order valence-corrected chi connectivity index (χ0v) is 21.4. The van der Waals surface area contributed by atoms with Crippen LogP contribution in [0.3, 0.4) is 0 Å². The number of ether oxygens (including phenoxy) is 2. The van der Waals surface area contributed by atoms with Gasteiger partial charge in [0.1, 0.15) is 29.7 Å². The fourth-order valence-corrected chi connectivity index (χ4v) is 4.45. The zero-order valence-electron chi connectivity index (χ0n) is 21.4. The third-order valence-corrected chi connectivity index (χ3v) is 6.91. The summed E-state index contributed by atoms with van der Waals surface area (Å²) in [6.45, 7) is 0.265. The molecule has 0 saturated heterocycles. The molecule has 14 heteroatoms. The normalized spacial score (nSPS) is 18.4. The van der Waals surface area contributed by atoms with Crippen LogP contribution in [-0.2, 0) is 11.1 Å². The van der Waals surface area contributed by atoms with Gasteiger partial charge in [0.2, 0.25) is 5.60 Å². The predicted molar refractivity (Wildman–Crippen MR) is 128 cm³/mol. The number of nitrogens with zero attached hydrogens (tertiary/aromatic N) is 1. The summed E-state index contributed by atoms with van der Waals surface area (Å²) in [7, 11) is 1.23. The van der Waals surface area contributed by atoms with Crippen molar-refractivity contribution in [3.05, 3.63) is 76.5 Å².